The van der Waals surface area contributed by atoms with Crippen molar-refractivity contribution in [2.24, 2.45) is 7.05 Å². The largest absolute Gasteiger partial charge is 0.480 e. The second kappa shape index (κ2) is 8.59. The molecule has 2 saturated heterocycles. The summed E-state index contributed by atoms with van der Waals surface area (Å²) in [5, 5.41) is 18.5. The zero-order valence-corrected chi connectivity index (χ0v) is 18.5. The first-order chi connectivity index (χ1) is 14.1. The number of nitriles is 1. The van der Waals surface area contributed by atoms with Crippen molar-refractivity contribution in [2.45, 2.75) is 6.92 Å². The number of aromatic nitrogens is 1. The molecule has 1 amide bonds. The highest BCUT2D eigenvalue weighted by Crippen LogP contribution is 2.35. The van der Waals surface area contributed by atoms with Crippen molar-refractivity contribution in [1.29, 1.82) is 5.26 Å². The van der Waals surface area contributed by atoms with Crippen LogP contribution in [0.25, 0.3) is 6.08 Å². The summed E-state index contributed by atoms with van der Waals surface area (Å²) in [6, 6.07) is 1.97. The van der Waals surface area contributed by atoms with E-state index in [1.807, 2.05) is 13.1 Å². The van der Waals surface area contributed by atoms with E-state index in [-0.39, 0.29) is 20.3 Å². The number of nitrogens with zero attached hydrogens (tertiary/aromatic N) is 5. The summed E-state index contributed by atoms with van der Waals surface area (Å²) in [5.41, 5.74) is 0.703. The van der Waals surface area contributed by atoms with Gasteiger partial charge in [-0.2, -0.15) is 5.26 Å². The Morgan fingerprint density at radius 3 is 2.47 bits per heavy atom. The number of carboxylic acid groups (broad SMARTS) is 1. The molecule has 1 aromatic heterocycles. The Kier molecular flexibility index (Phi) is 6.30. The van der Waals surface area contributed by atoms with Crippen molar-refractivity contribution in [2.75, 3.05) is 44.7 Å². The van der Waals surface area contributed by atoms with E-state index in [2.05, 4.69) is 9.80 Å². The lowest BCUT2D eigenvalue weighted by Gasteiger charge is -2.36. The van der Waals surface area contributed by atoms with Crippen LogP contribution < -0.4 is 10.5 Å². The smallest absolute Gasteiger partial charge is 0.323 e. The van der Waals surface area contributed by atoms with Crippen molar-refractivity contribution in [3.05, 3.63) is 31.9 Å². The second-order valence-electron chi connectivity index (χ2n) is 7.17. The number of rotatable bonds is 4. The van der Waals surface area contributed by atoms with E-state index in [0.717, 1.165) is 29.8 Å². The lowest BCUT2D eigenvalue weighted by atomic mass is 10.0. The van der Waals surface area contributed by atoms with Crippen molar-refractivity contribution in [1.82, 2.24) is 14.4 Å². The summed E-state index contributed by atoms with van der Waals surface area (Å²) in [7, 11) is 3.64. The summed E-state index contributed by atoms with van der Waals surface area (Å²) >= 11 is 6.18. The zero-order chi connectivity index (χ0) is 22.2. The number of thioether (sulfide) groups is 1. The molecule has 0 bridgehead atoms. The van der Waals surface area contributed by atoms with Crippen molar-refractivity contribution in [3.8, 4) is 6.07 Å². The molecule has 3 heterocycles. The van der Waals surface area contributed by atoms with Crippen LogP contribution in [0, 0.1) is 18.3 Å². The summed E-state index contributed by atoms with van der Waals surface area (Å²) in [4.78, 5) is 42.1. The number of piperazine rings is 1. The second-order valence-corrected chi connectivity index (χ2v) is 8.84. The van der Waals surface area contributed by atoms with Crippen LogP contribution in [0.3, 0.4) is 0 Å². The Labute approximate surface area is 183 Å². The maximum Gasteiger partial charge on any atom is 0.323 e. The Balaban J connectivity index is 2.15. The van der Waals surface area contributed by atoms with Gasteiger partial charge in [0.25, 0.3) is 11.5 Å². The quantitative estimate of drug-likeness (QED) is 0.524. The number of aliphatic carboxylic acids is 1. The third-order valence-electron chi connectivity index (χ3n) is 5.21. The minimum absolute atomic E-state index is 0.0163. The molecular formula is C19H21N5O4S2. The van der Waals surface area contributed by atoms with Crippen LogP contribution in [0.15, 0.2) is 9.70 Å². The number of likely N-dealkylation sites (N-methyl/N-ethyl adjacent to an activating group) is 1. The van der Waals surface area contributed by atoms with Crippen LogP contribution in [0.4, 0.5) is 5.82 Å². The molecular weight excluding hydrogens is 426 g/mol. The van der Waals surface area contributed by atoms with Crippen molar-refractivity contribution >= 4 is 52.1 Å². The molecule has 0 spiro atoms. The molecule has 158 valence electrons. The molecule has 2 aliphatic rings. The summed E-state index contributed by atoms with van der Waals surface area (Å²) in [6.07, 6.45) is 1.62. The maximum atomic E-state index is 12.7. The van der Waals surface area contributed by atoms with Crippen molar-refractivity contribution in [3.63, 3.8) is 0 Å². The molecule has 0 radical (unpaired) electrons. The fourth-order valence-corrected chi connectivity index (χ4v) is 4.75. The van der Waals surface area contributed by atoms with Gasteiger partial charge in [-0.25, -0.2) is 0 Å². The molecule has 0 unspecified atom stereocenters. The topological polar surface area (TPSA) is 110 Å². The molecule has 11 heteroatoms. The first-order valence-corrected chi connectivity index (χ1v) is 10.4. The van der Waals surface area contributed by atoms with Crippen LogP contribution in [-0.4, -0.2) is 75.4 Å². The Morgan fingerprint density at radius 2 is 1.90 bits per heavy atom. The monoisotopic (exact) mass is 447 g/mol. The third-order valence-corrected chi connectivity index (χ3v) is 6.59. The molecule has 0 aromatic carbocycles. The summed E-state index contributed by atoms with van der Waals surface area (Å²) in [5.74, 6) is -1.02. The van der Waals surface area contributed by atoms with Gasteiger partial charge in [0.15, 0.2) is 0 Å². The number of hydrogen-bond donors (Lipinski definition) is 1. The predicted molar refractivity (Wildman–Crippen MR) is 118 cm³/mol. The number of anilines is 1. The standard InChI is InChI=1S/C19H21N5O4S2/c1-11-12(8-14-18(28)24(10-15(25)26)19(29)30-14)16(22(3)17(27)13(11)9-20)23-6-4-21(2)5-7-23/h8H,4-7,10H2,1-3H3,(H,25,26)/b14-8+. The molecule has 2 aliphatic heterocycles. The minimum atomic E-state index is -1.16. The van der Waals surface area contributed by atoms with Gasteiger partial charge in [0, 0.05) is 38.8 Å². The van der Waals surface area contributed by atoms with Gasteiger partial charge >= 0.3 is 5.97 Å². The van der Waals surface area contributed by atoms with Gasteiger partial charge < -0.3 is 14.9 Å². The molecule has 1 N–H and O–H groups in total. The summed E-state index contributed by atoms with van der Waals surface area (Å²) in [6.45, 7) is 4.18. The minimum Gasteiger partial charge on any atom is -0.480 e. The average molecular weight is 448 g/mol. The number of thiocarbonyl (C=S) groups is 1. The highest BCUT2D eigenvalue weighted by Gasteiger charge is 2.34. The summed E-state index contributed by atoms with van der Waals surface area (Å²) < 4.78 is 1.61. The lowest BCUT2D eigenvalue weighted by molar-refractivity contribution is -0.140. The Morgan fingerprint density at radius 1 is 1.27 bits per heavy atom. The maximum absolute atomic E-state index is 12.7. The molecule has 9 nitrogen and oxygen atoms in total. The van der Waals surface area contributed by atoms with E-state index in [9.17, 15) is 19.6 Å². The number of pyridine rings is 1. The molecule has 0 aliphatic carbocycles. The number of carbonyl (C=O) groups excluding carboxylic acids is 1. The molecule has 2 fully saturated rings. The number of hydrogen-bond acceptors (Lipinski definition) is 8. The van der Waals surface area contributed by atoms with Gasteiger partial charge in [-0.3, -0.25) is 23.9 Å². The zero-order valence-electron chi connectivity index (χ0n) is 16.8. The molecule has 1 aromatic rings. The van der Waals surface area contributed by atoms with E-state index in [4.69, 9.17) is 17.3 Å². The molecule has 3 rings (SSSR count). The fraction of sp³-hybridized carbons (Fsp3) is 0.421. The highest BCUT2D eigenvalue weighted by atomic mass is 32.2. The number of amides is 1. The van der Waals surface area contributed by atoms with E-state index in [0.29, 0.717) is 30.0 Å². The first kappa shape index (κ1) is 22.0. The van der Waals surface area contributed by atoms with E-state index < -0.39 is 18.4 Å². The van der Waals surface area contributed by atoms with Gasteiger partial charge in [-0.05, 0) is 25.6 Å². The number of carboxylic acids is 1. The molecule has 0 atom stereocenters. The Bertz CT molecular complexity index is 1060. The van der Waals surface area contributed by atoms with Gasteiger partial charge in [0.1, 0.15) is 28.3 Å². The first-order valence-electron chi connectivity index (χ1n) is 9.20. The van der Waals surface area contributed by atoms with Crippen LogP contribution in [0.1, 0.15) is 16.7 Å². The van der Waals surface area contributed by atoms with Crippen LogP contribution >= 0.6 is 24.0 Å². The molecule has 30 heavy (non-hydrogen) atoms. The SMILES string of the molecule is Cc1c(/C=C2/SC(=S)N(CC(=O)O)C2=O)c(N2CCN(C)CC2)n(C)c(=O)c1C#N. The van der Waals surface area contributed by atoms with Gasteiger partial charge in [-0.1, -0.05) is 24.0 Å². The average Bonchev–Trinajstić information content (AvgIpc) is 2.95. The van der Waals surface area contributed by atoms with E-state index >= 15 is 0 Å². The van der Waals surface area contributed by atoms with Crippen LogP contribution in [0.2, 0.25) is 0 Å². The van der Waals surface area contributed by atoms with Gasteiger partial charge in [-0.15, -0.1) is 0 Å². The van der Waals surface area contributed by atoms with Gasteiger partial charge in [0.2, 0.25) is 0 Å². The van der Waals surface area contributed by atoms with E-state index in [1.54, 1.807) is 20.0 Å². The van der Waals surface area contributed by atoms with E-state index in [1.165, 1.54) is 4.57 Å². The van der Waals surface area contributed by atoms with Crippen LogP contribution in [-0.2, 0) is 16.6 Å². The molecule has 0 saturated carbocycles. The Hall–Kier alpha value is -2.68. The number of carbonyl (C=O) groups is 2. The fourth-order valence-electron chi connectivity index (χ4n) is 3.52. The van der Waals surface area contributed by atoms with Crippen LogP contribution in [0.5, 0.6) is 0 Å². The normalized spacial score (nSPS) is 18.9. The van der Waals surface area contributed by atoms with Crippen molar-refractivity contribution < 1.29 is 14.7 Å². The lowest BCUT2D eigenvalue weighted by Crippen LogP contribution is -2.46. The highest BCUT2D eigenvalue weighted by molar-refractivity contribution is 8.26. The predicted octanol–water partition coefficient (Wildman–Crippen LogP) is 0.603. The van der Waals surface area contributed by atoms with Gasteiger partial charge in [0.05, 0.1) is 4.91 Å². The third kappa shape index (κ3) is 3.98.